The van der Waals surface area contributed by atoms with Crippen LogP contribution in [0, 0.1) is 0 Å². The zero-order valence-electron chi connectivity index (χ0n) is 14.8. The predicted octanol–water partition coefficient (Wildman–Crippen LogP) is 3.16. The molecule has 0 saturated heterocycles. The van der Waals surface area contributed by atoms with Crippen LogP contribution in [0.25, 0.3) is 11.1 Å². The van der Waals surface area contributed by atoms with E-state index in [1.165, 1.54) is 0 Å². The van der Waals surface area contributed by atoms with Gasteiger partial charge >= 0.3 is 0 Å². The molecule has 2 aromatic carbocycles. The minimum absolute atomic E-state index is 0.112. The average Bonchev–Trinajstić information content (AvgIpc) is 2.70. The lowest BCUT2D eigenvalue weighted by Gasteiger charge is -2.07. The highest BCUT2D eigenvalue weighted by molar-refractivity contribution is 5.94. The summed E-state index contributed by atoms with van der Waals surface area (Å²) in [7, 11) is 1.63. The quantitative estimate of drug-likeness (QED) is 0.366. The summed E-state index contributed by atoms with van der Waals surface area (Å²) in [5.41, 5.74) is 4.31. The van der Waals surface area contributed by atoms with Crippen molar-refractivity contribution in [1.29, 1.82) is 0 Å². The van der Waals surface area contributed by atoms with E-state index in [2.05, 4.69) is 5.32 Å². The molecule has 0 aromatic heterocycles. The molecule has 2 rings (SSSR count). The van der Waals surface area contributed by atoms with E-state index in [0.29, 0.717) is 18.5 Å². The maximum Gasteiger partial charge on any atom is 0.251 e. The number of hydrogen-bond acceptors (Lipinski definition) is 4. The van der Waals surface area contributed by atoms with Crippen LogP contribution in [0.3, 0.4) is 0 Å². The SMILES string of the molecule is COc1ccc(-c2ccc(C(=O)NCCCCCC(=O)NO)cc2)cc1. The number of benzene rings is 2. The van der Waals surface area contributed by atoms with Crippen LogP contribution < -0.4 is 15.5 Å². The van der Waals surface area contributed by atoms with E-state index in [9.17, 15) is 9.59 Å². The van der Waals surface area contributed by atoms with Gasteiger partial charge in [0.15, 0.2) is 0 Å². The molecule has 6 heteroatoms. The van der Waals surface area contributed by atoms with Crippen LogP contribution in [0.1, 0.15) is 36.0 Å². The summed E-state index contributed by atoms with van der Waals surface area (Å²) in [5.74, 6) is 0.312. The molecule has 3 N–H and O–H groups in total. The molecule has 0 saturated carbocycles. The van der Waals surface area contributed by atoms with Gasteiger partial charge in [-0.05, 0) is 48.2 Å². The molecule has 0 spiro atoms. The Kier molecular flexibility index (Phi) is 7.64. The zero-order valence-corrected chi connectivity index (χ0v) is 14.8. The second kappa shape index (κ2) is 10.2. The van der Waals surface area contributed by atoms with Crippen molar-refractivity contribution in [3.05, 3.63) is 54.1 Å². The Labute approximate surface area is 153 Å². The normalized spacial score (nSPS) is 10.2. The number of carbonyl (C=O) groups excluding carboxylic acids is 2. The van der Waals surface area contributed by atoms with Gasteiger partial charge < -0.3 is 10.1 Å². The van der Waals surface area contributed by atoms with Crippen LogP contribution in [0.15, 0.2) is 48.5 Å². The Balaban J connectivity index is 1.78. The third-order valence-electron chi connectivity index (χ3n) is 4.06. The molecule has 0 aliphatic carbocycles. The van der Waals surface area contributed by atoms with Gasteiger partial charge in [-0.1, -0.05) is 30.7 Å². The number of amides is 2. The van der Waals surface area contributed by atoms with Gasteiger partial charge in [0.2, 0.25) is 5.91 Å². The smallest absolute Gasteiger partial charge is 0.251 e. The van der Waals surface area contributed by atoms with Crippen molar-refractivity contribution in [3.63, 3.8) is 0 Å². The Morgan fingerprint density at radius 3 is 2.12 bits per heavy atom. The summed E-state index contributed by atoms with van der Waals surface area (Å²) in [5, 5.41) is 11.3. The summed E-state index contributed by atoms with van der Waals surface area (Å²) in [4.78, 5) is 23.0. The number of carbonyl (C=O) groups is 2. The minimum atomic E-state index is -0.383. The van der Waals surface area contributed by atoms with Gasteiger partial charge in [-0.25, -0.2) is 5.48 Å². The summed E-state index contributed by atoms with van der Waals surface area (Å²) in [6.07, 6.45) is 2.56. The summed E-state index contributed by atoms with van der Waals surface area (Å²) in [6, 6.07) is 15.2. The van der Waals surface area contributed by atoms with Crippen molar-refractivity contribution in [1.82, 2.24) is 10.8 Å². The maximum absolute atomic E-state index is 12.1. The Hall–Kier alpha value is -2.86. The largest absolute Gasteiger partial charge is 0.497 e. The first-order chi connectivity index (χ1) is 12.6. The number of hydrogen-bond donors (Lipinski definition) is 3. The fraction of sp³-hybridized carbons (Fsp3) is 0.300. The summed E-state index contributed by atoms with van der Waals surface area (Å²) >= 11 is 0. The maximum atomic E-state index is 12.1. The lowest BCUT2D eigenvalue weighted by atomic mass is 10.0. The van der Waals surface area contributed by atoms with Crippen LogP contribution in [0.5, 0.6) is 5.75 Å². The number of nitrogens with one attached hydrogen (secondary N) is 2. The molecule has 0 aliphatic rings. The molecule has 0 fully saturated rings. The van der Waals surface area contributed by atoms with Crippen LogP contribution in [0.2, 0.25) is 0 Å². The molecule has 0 bridgehead atoms. The van der Waals surface area contributed by atoms with Gasteiger partial charge in [0.05, 0.1) is 7.11 Å². The van der Waals surface area contributed by atoms with Gasteiger partial charge in [-0.2, -0.15) is 0 Å². The van der Waals surface area contributed by atoms with Gasteiger partial charge in [-0.3, -0.25) is 14.8 Å². The number of methoxy groups -OCH3 is 1. The number of ether oxygens (including phenoxy) is 1. The van der Waals surface area contributed by atoms with Crippen LogP contribution in [-0.4, -0.2) is 30.7 Å². The molecule has 0 atom stereocenters. The molecule has 0 unspecified atom stereocenters. The third kappa shape index (κ3) is 5.89. The first-order valence-electron chi connectivity index (χ1n) is 8.59. The van der Waals surface area contributed by atoms with E-state index in [0.717, 1.165) is 29.7 Å². The van der Waals surface area contributed by atoms with E-state index < -0.39 is 0 Å². The molecular weight excluding hydrogens is 332 g/mol. The average molecular weight is 356 g/mol. The van der Waals surface area contributed by atoms with Gasteiger partial charge in [0.25, 0.3) is 5.91 Å². The first-order valence-corrected chi connectivity index (χ1v) is 8.59. The Bertz CT molecular complexity index is 712. The molecule has 0 aliphatic heterocycles. The van der Waals surface area contributed by atoms with E-state index in [1.54, 1.807) is 24.7 Å². The molecular formula is C20H24N2O4. The van der Waals surface area contributed by atoms with E-state index in [1.807, 2.05) is 36.4 Å². The second-order valence-electron chi connectivity index (χ2n) is 5.91. The number of unbranched alkanes of at least 4 members (excludes halogenated alkanes) is 2. The second-order valence-corrected chi connectivity index (χ2v) is 5.91. The topological polar surface area (TPSA) is 87.7 Å². The van der Waals surface area contributed by atoms with Crippen LogP contribution in [-0.2, 0) is 4.79 Å². The molecule has 6 nitrogen and oxygen atoms in total. The molecule has 2 aromatic rings. The highest BCUT2D eigenvalue weighted by Crippen LogP contribution is 2.22. The zero-order chi connectivity index (χ0) is 18.8. The van der Waals surface area contributed by atoms with Crippen molar-refractivity contribution in [2.24, 2.45) is 0 Å². The van der Waals surface area contributed by atoms with Crippen LogP contribution in [0.4, 0.5) is 0 Å². The van der Waals surface area contributed by atoms with Crippen LogP contribution >= 0.6 is 0 Å². The van der Waals surface area contributed by atoms with Crippen molar-refractivity contribution in [3.8, 4) is 16.9 Å². The van der Waals surface area contributed by atoms with Crippen molar-refractivity contribution < 1.29 is 19.5 Å². The molecule has 26 heavy (non-hydrogen) atoms. The highest BCUT2D eigenvalue weighted by atomic mass is 16.5. The van der Waals surface area contributed by atoms with E-state index >= 15 is 0 Å². The van der Waals surface area contributed by atoms with E-state index in [4.69, 9.17) is 9.94 Å². The lowest BCUT2D eigenvalue weighted by Crippen LogP contribution is -2.24. The fourth-order valence-electron chi connectivity index (χ4n) is 2.54. The molecule has 0 heterocycles. The van der Waals surface area contributed by atoms with Crippen molar-refractivity contribution in [2.75, 3.05) is 13.7 Å². The van der Waals surface area contributed by atoms with Gasteiger partial charge in [0, 0.05) is 18.5 Å². The lowest BCUT2D eigenvalue weighted by molar-refractivity contribution is -0.129. The first kappa shape index (κ1) is 19.5. The Morgan fingerprint density at radius 2 is 1.54 bits per heavy atom. The third-order valence-corrected chi connectivity index (χ3v) is 4.06. The van der Waals surface area contributed by atoms with Crippen molar-refractivity contribution >= 4 is 11.8 Å². The highest BCUT2D eigenvalue weighted by Gasteiger charge is 2.06. The molecule has 2 amide bonds. The summed E-state index contributed by atoms with van der Waals surface area (Å²) in [6.45, 7) is 0.555. The summed E-state index contributed by atoms with van der Waals surface area (Å²) < 4.78 is 5.15. The van der Waals surface area contributed by atoms with E-state index in [-0.39, 0.29) is 18.2 Å². The fourth-order valence-corrected chi connectivity index (χ4v) is 2.54. The predicted molar refractivity (Wildman–Crippen MR) is 99.2 cm³/mol. The monoisotopic (exact) mass is 356 g/mol. The minimum Gasteiger partial charge on any atom is -0.497 e. The molecule has 138 valence electrons. The number of hydroxylamine groups is 1. The number of rotatable bonds is 9. The van der Waals surface area contributed by atoms with Crippen molar-refractivity contribution in [2.45, 2.75) is 25.7 Å². The molecule has 0 radical (unpaired) electrons. The standard InChI is InChI=1S/C20H24N2O4/c1-26-18-12-10-16(11-13-18)15-6-8-17(9-7-15)20(24)21-14-4-2-3-5-19(23)22-25/h6-13,25H,2-5,14H2,1H3,(H,21,24)(H,22,23). The Morgan fingerprint density at radius 1 is 0.923 bits per heavy atom. The van der Waals surface area contributed by atoms with Gasteiger partial charge in [-0.15, -0.1) is 0 Å². The van der Waals surface area contributed by atoms with Gasteiger partial charge in [0.1, 0.15) is 5.75 Å².